The Morgan fingerprint density at radius 3 is 1.23 bits per heavy atom. The lowest BCUT2D eigenvalue weighted by Gasteiger charge is -2.41. The predicted molar refractivity (Wildman–Crippen MR) is 267 cm³/mol. The van der Waals surface area contributed by atoms with Crippen molar-refractivity contribution in [1.82, 2.24) is 0 Å². The third kappa shape index (κ3) is 7.07. The van der Waals surface area contributed by atoms with Crippen molar-refractivity contribution in [3.8, 4) is 50.3 Å². The predicted octanol–water partition coefficient (Wildman–Crippen LogP) is 16.4. The molecule has 0 N–H and O–H groups in total. The summed E-state index contributed by atoms with van der Waals surface area (Å²) in [5.74, 6) is 0.972. The van der Waals surface area contributed by atoms with E-state index in [9.17, 15) is 0 Å². The van der Waals surface area contributed by atoms with Crippen LogP contribution in [0.2, 0.25) is 0 Å². The summed E-state index contributed by atoms with van der Waals surface area (Å²) in [6.07, 6.45) is 6.73. The van der Waals surface area contributed by atoms with Gasteiger partial charge in [0, 0.05) is 33.8 Å². The summed E-state index contributed by atoms with van der Waals surface area (Å²) in [5, 5.41) is 0. The van der Waals surface area contributed by atoms with E-state index in [1.165, 1.54) is 38.9 Å². The van der Waals surface area contributed by atoms with E-state index in [1.54, 1.807) is 0 Å². The number of hydrogen-bond acceptors (Lipinski definition) is 3. The molecule has 9 aromatic rings. The minimum Gasteiger partial charge on any atom is -0.480 e. The molecule has 0 saturated carbocycles. The van der Waals surface area contributed by atoms with Crippen LogP contribution in [0.4, 0.5) is 28.4 Å². The molecule has 64 heavy (non-hydrogen) atoms. The van der Waals surface area contributed by atoms with Gasteiger partial charge in [-0.1, -0.05) is 194 Å². The first-order valence-electron chi connectivity index (χ1n) is 22.0. The molecule has 9 aromatic carbocycles. The van der Waals surface area contributed by atoms with Gasteiger partial charge < -0.3 is 14.5 Å². The molecule has 3 heteroatoms. The Balaban J connectivity index is 1.08. The summed E-state index contributed by atoms with van der Waals surface area (Å²) in [7, 11) is 0. The Kier molecular flexibility index (Phi) is 10.1. The van der Waals surface area contributed by atoms with Crippen molar-refractivity contribution in [2.75, 3.05) is 9.80 Å². The lowest BCUT2D eigenvalue weighted by Crippen LogP contribution is -2.43. The fourth-order valence-electron chi connectivity index (χ4n) is 9.57. The largest absolute Gasteiger partial charge is 0.480 e. The van der Waals surface area contributed by atoms with E-state index >= 15 is 0 Å². The van der Waals surface area contributed by atoms with E-state index in [2.05, 4.69) is 272 Å². The Bertz CT molecular complexity index is 3040. The van der Waals surface area contributed by atoms with Crippen LogP contribution in [0.15, 0.2) is 261 Å². The Morgan fingerprint density at radius 2 is 0.750 bits per heavy atom. The summed E-state index contributed by atoms with van der Waals surface area (Å²) in [4.78, 5) is 4.82. The molecule has 1 heterocycles. The number of ether oxygens (including phenoxy) is 1. The van der Waals surface area contributed by atoms with Gasteiger partial charge in [0.25, 0.3) is 0 Å². The Morgan fingerprint density at radius 1 is 0.375 bits per heavy atom. The maximum atomic E-state index is 7.06. The SMILES string of the molecule is CC12Oc3ccccc3C1C=CC=C2N(c1ccc(-c2ccccc2)cc1)c1ccccc1-c1ccccc1N(c1ccc(-c2ccccc2)cc1)c1ccc(-c2ccccc2)cc1. The van der Waals surface area contributed by atoms with Gasteiger partial charge in [-0.3, -0.25) is 0 Å². The zero-order valence-corrected chi connectivity index (χ0v) is 35.6. The molecular weight excluding hydrogens is 777 g/mol. The molecule has 0 bridgehead atoms. The minimum absolute atomic E-state index is 0.0439. The number of rotatable bonds is 10. The fourth-order valence-corrected chi connectivity index (χ4v) is 9.57. The third-order valence-electron chi connectivity index (χ3n) is 12.8. The molecule has 306 valence electrons. The second kappa shape index (κ2) is 16.6. The summed E-state index contributed by atoms with van der Waals surface area (Å²) < 4.78 is 7.06. The van der Waals surface area contributed by atoms with Crippen LogP contribution >= 0.6 is 0 Å². The highest BCUT2D eigenvalue weighted by Crippen LogP contribution is 2.54. The molecule has 0 spiro atoms. The van der Waals surface area contributed by atoms with Crippen LogP contribution in [0.25, 0.3) is 44.5 Å². The minimum atomic E-state index is -0.670. The summed E-state index contributed by atoms with van der Waals surface area (Å²) >= 11 is 0. The first-order valence-corrected chi connectivity index (χ1v) is 22.0. The van der Waals surface area contributed by atoms with E-state index in [4.69, 9.17) is 4.74 Å². The van der Waals surface area contributed by atoms with Crippen LogP contribution in [0.5, 0.6) is 5.75 Å². The van der Waals surface area contributed by atoms with Gasteiger partial charge in [-0.05, 0) is 101 Å². The van der Waals surface area contributed by atoms with Crippen molar-refractivity contribution in [1.29, 1.82) is 0 Å². The molecule has 0 amide bonds. The van der Waals surface area contributed by atoms with Crippen LogP contribution in [0.3, 0.4) is 0 Å². The fraction of sp³-hybridized carbons (Fsp3) is 0.0492. The van der Waals surface area contributed by atoms with E-state index in [1.807, 2.05) is 0 Å². The molecule has 0 fully saturated rings. The maximum Gasteiger partial charge on any atom is 0.157 e. The molecule has 0 saturated heterocycles. The highest BCUT2D eigenvalue weighted by molar-refractivity contribution is 5.95. The van der Waals surface area contributed by atoms with Crippen LogP contribution in [0, 0.1) is 0 Å². The number of fused-ring (bicyclic) bond motifs is 3. The molecule has 0 radical (unpaired) electrons. The van der Waals surface area contributed by atoms with Crippen LogP contribution in [-0.4, -0.2) is 5.60 Å². The molecular formula is C61H46N2O. The van der Waals surface area contributed by atoms with Crippen molar-refractivity contribution >= 4 is 28.4 Å². The van der Waals surface area contributed by atoms with Gasteiger partial charge in [0.1, 0.15) is 5.75 Å². The summed E-state index contributed by atoms with van der Waals surface area (Å²) in [5.41, 5.74) is 16.2. The number of hydrogen-bond donors (Lipinski definition) is 0. The standard InChI is InChI=1S/C61H46N2O/c1-61-56(55-26-13-16-30-59(55)64-61)27-17-31-60(61)63(52-42-36-49(37-43-52)46-22-9-4-10-23-46)58-29-15-12-25-54(58)53-24-11-14-28-57(53)62(50-38-32-47(33-39-50)44-18-5-2-6-19-44)51-40-34-48(35-41-51)45-20-7-3-8-21-45/h2-43,56H,1H3. The Hall–Kier alpha value is -8.14. The first kappa shape index (κ1) is 38.8. The third-order valence-corrected chi connectivity index (χ3v) is 12.8. The molecule has 2 unspecified atom stereocenters. The van der Waals surface area contributed by atoms with Gasteiger partial charge in [-0.2, -0.15) is 0 Å². The number of anilines is 5. The second-order valence-corrected chi connectivity index (χ2v) is 16.6. The van der Waals surface area contributed by atoms with Crippen molar-refractivity contribution in [3.63, 3.8) is 0 Å². The van der Waals surface area contributed by atoms with Gasteiger partial charge in [0.15, 0.2) is 5.60 Å². The number of para-hydroxylation sites is 3. The number of benzene rings is 9. The lowest BCUT2D eigenvalue weighted by atomic mass is 9.79. The van der Waals surface area contributed by atoms with Crippen molar-refractivity contribution in [2.45, 2.75) is 18.4 Å². The highest BCUT2D eigenvalue weighted by Gasteiger charge is 2.50. The molecule has 3 nitrogen and oxygen atoms in total. The molecule has 1 aliphatic carbocycles. The molecule has 2 atom stereocenters. The quantitative estimate of drug-likeness (QED) is 0.137. The van der Waals surface area contributed by atoms with Gasteiger partial charge in [-0.15, -0.1) is 0 Å². The van der Waals surface area contributed by atoms with Crippen molar-refractivity contribution in [2.24, 2.45) is 0 Å². The van der Waals surface area contributed by atoms with E-state index in [-0.39, 0.29) is 5.92 Å². The zero-order chi connectivity index (χ0) is 42.9. The number of allylic oxidation sites excluding steroid dienone is 2. The van der Waals surface area contributed by atoms with Crippen molar-refractivity contribution < 1.29 is 4.74 Å². The summed E-state index contributed by atoms with van der Waals surface area (Å²) in [6.45, 7) is 2.24. The monoisotopic (exact) mass is 822 g/mol. The maximum absolute atomic E-state index is 7.06. The average Bonchev–Trinajstić information content (AvgIpc) is 3.69. The summed E-state index contributed by atoms with van der Waals surface area (Å²) in [6, 6.07) is 84.7. The lowest BCUT2D eigenvalue weighted by molar-refractivity contribution is 0.139. The topological polar surface area (TPSA) is 15.7 Å². The first-order chi connectivity index (χ1) is 31.6. The van der Waals surface area contributed by atoms with Crippen LogP contribution < -0.4 is 14.5 Å². The van der Waals surface area contributed by atoms with Crippen LogP contribution in [-0.2, 0) is 0 Å². The molecule has 2 aliphatic rings. The average molecular weight is 823 g/mol. The zero-order valence-electron chi connectivity index (χ0n) is 35.6. The smallest absolute Gasteiger partial charge is 0.157 e. The molecule has 11 rings (SSSR count). The van der Waals surface area contributed by atoms with Gasteiger partial charge in [-0.25, -0.2) is 0 Å². The van der Waals surface area contributed by atoms with E-state index in [0.29, 0.717) is 0 Å². The van der Waals surface area contributed by atoms with Gasteiger partial charge in [0.05, 0.1) is 23.0 Å². The normalized spacial score (nSPS) is 16.0. The highest BCUT2D eigenvalue weighted by atomic mass is 16.5. The van der Waals surface area contributed by atoms with Crippen molar-refractivity contribution in [3.05, 3.63) is 266 Å². The number of nitrogens with zero attached hydrogens (tertiary/aromatic N) is 2. The molecule has 1 aliphatic heterocycles. The Labute approximate surface area is 376 Å². The second-order valence-electron chi connectivity index (χ2n) is 16.6. The van der Waals surface area contributed by atoms with E-state index in [0.717, 1.165) is 51.0 Å². The van der Waals surface area contributed by atoms with E-state index < -0.39 is 5.60 Å². The van der Waals surface area contributed by atoms with Gasteiger partial charge in [0.2, 0.25) is 0 Å². The molecule has 0 aromatic heterocycles. The van der Waals surface area contributed by atoms with Gasteiger partial charge >= 0.3 is 0 Å². The van der Waals surface area contributed by atoms with Crippen LogP contribution in [0.1, 0.15) is 18.4 Å².